The molecule has 5 heteroatoms. The lowest BCUT2D eigenvalue weighted by Gasteiger charge is -2.06. The first-order valence-electron chi connectivity index (χ1n) is 7.26. The van der Waals surface area contributed by atoms with Gasteiger partial charge >= 0.3 is 0 Å². The van der Waals surface area contributed by atoms with E-state index in [4.69, 9.17) is 0 Å². The highest BCUT2D eigenvalue weighted by Crippen LogP contribution is 2.09. The molecule has 0 aliphatic rings. The van der Waals surface area contributed by atoms with E-state index in [2.05, 4.69) is 39.9 Å². The van der Waals surface area contributed by atoms with Gasteiger partial charge in [-0.3, -0.25) is 9.78 Å². The Hall–Kier alpha value is -2.69. The molecular formula is C17H20N4O. The van der Waals surface area contributed by atoms with Gasteiger partial charge in [-0.2, -0.15) is 5.10 Å². The zero-order chi connectivity index (χ0) is 15.6. The highest BCUT2D eigenvalue weighted by atomic mass is 16.2. The molecule has 22 heavy (non-hydrogen) atoms. The summed E-state index contributed by atoms with van der Waals surface area (Å²) in [7, 11) is 0. The summed E-state index contributed by atoms with van der Waals surface area (Å²) in [5.41, 5.74) is 5.66. The van der Waals surface area contributed by atoms with Crippen molar-refractivity contribution in [3.05, 3.63) is 59.9 Å². The zero-order valence-corrected chi connectivity index (χ0v) is 12.6. The van der Waals surface area contributed by atoms with Crippen molar-refractivity contribution < 1.29 is 4.79 Å². The Morgan fingerprint density at radius 3 is 3.00 bits per heavy atom. The van der Waals surface area contributed by atoms with Crippen molar-refractivity contribution >= 4 is 17.8 Å². The van der Waals surface area contributed by atoms with Crippen molar-refractivity contribution in [3.63, 3.8) is 0 Å². The maximum atomic E-state index is 11.6. The largest absolute Gasteiger partial charge is 0.385 e. The average molecular weight is 296 g/mol. The first kappa shape index (κ1) is 15.7. The Morgan fingerprint density at radius 2 is 2.23 bits per heavy atom. The number of nitrogens with one attached hydrogen (secondary N) is 2. The van der Waals surface area contributed by atoms with Gasteiger partial charge in [0.05, 0.1) is 6.21 Å². The van der Waals surface area contributed by atoms with E-state index in [-0.39, 0.29) is 5.91 Å². The fraction of sp³-hybridized carbons (Fsp3) is 0.235. The number of carbonyl (C=O) groups excluding carboxylic acids is 1. The summed E-state index contributed by atoms with van der Waals surface area (Å²) in [6.07, 6.45) is 6.14. The summed E-state index contributed by atoms with van der Waals surface area (Å²) < 4.78 is 0. The third-order valence-electron chi connectivity index (χ3n) is 3.02. The smallest absolute Gasteiger partial charge is 0.240 e. The van der Waals surface area contributed by atoms with Crippen LogP contribution < -0.4 is 10.7 Å². The number of benzene rings is 1. The lowest BCUT2D eigenvalue weighted by Crippen LogP contribution is -2.18. The van der Waals surface area contributed by atoms with Crippen molar-refractivity contribution in [2.45, 2.75) is 19.8 Å². The van der Waals surface area contributed by atoms with Crippen molar-refractivity contribution in [3.8, 4) is 0 Å². The van der Waals surface area contributed by atoms with Gasteiger partial charge in [0.2, 0.25) is 5.91 Å². The molecular weight excluding hydrogens is 276 g/mol. The van der Waals surface area contributed by atoms with Gasteiger partial charge in [-0.05, 0) is 37.1 Å². The Labute approximate surface area is 130 Å². The molecule has 1 heterocycles. The van der Waals surface area contributed by atoms with Crippen molar-refractivity contribution in [2.75, 3.05) is 11.9 Å². The maximum absolute atomic E-state index is 11.6. The van der Waals surface area contributed by atoms with Crippen LogP contribution in [-0.4, -0.2) is 23.7 Å². The number of pyridine rings is 1. The number of carbonyl (C=O) groups is 1. The van der Waals surface area contributed by atoms with Crippen molar-refractivity contribution in [1.29, 1.82) is 0 Å². The van der Waals surface area contributed by atoms with Gasteiger partial charge in [0.1, 0.15) is 0 Å². The summed E-state index contributed by atoms with van der Waals surface area (Å²) in [5.74, 6) is -0.0915. The number of hydrazone groups is 1. The fourth-order valence-corrected chi connectivity index (χ4v) is 1.92. The Morgan fingerprint density at radius 1 is 1.32 bits per heavy atom. The number of hydrogen-bond donors (Lipinski definition) is 2. The summed E-state index contributed by atoms with van der Waals surface area (Å²) in [4.78, 5) is 15.6. The fourth-order valence-electron chi connectivity index (χ4n) is 1.92. The summed E-state index contributed by atoms with van der Waals surface area (Å²) in [6.45, 7) is 2.81. The first-order chi connectivity index (χ1) is 10.7. The quantitative estimate of drug-likeness (QED) is 0.469. The van der Waals surface area contributed by atoms with Crippen LogP contribution in [0.15, 0.2) is 53.9 Å². The van der Waals surface area contributed by atoms with E-state index in [0.717, 1.165) is 24.2 Å². The van der Waals surface area contributed by atoms with Gasteiger partial charge in [0.15, 0.2) is 0 Å². The molecule has 0 saturated carbocycles. The number of hydrogen-bond acceptors (Lipinski definition) is 4. The number of aromatic nitrogens is 1. The summed E-state index contributed by atoms with van der Waals surface area (Å²) in [5, 5.41) is 7.20. The van der Waals surface area contributed by atoms with Crippen molar-refractivity contribution in [2.24, 2.45) is 5.10 Å². The van der Waals surface area contributed by atoms with E-state index < -0.39 is 0 Å². The minimum absolute atomic E-state index is 0.0915. The van der Waals surface area contributed by atoms with E-state index >= 15 is 0 Å². The van der Waals surface area contributed by atoms with Gasteiger partial charge in [-0.15, -0.1) is 0 Å². The Kier molecular flexibility index (Phi) is 6.11. The number of aryl methyl sites for hydroxylation is 1. The minimum Gasteiger partial charge on any atom is -0.385 e. The standard InChI is InChI=1S/C17H20N4O/c1-14-5-2-7-16(11-14)19-10-4-8-17(22)21-20-13-15-6-3-9-18-12-15/h2-3,5-7,9,11-13,19H,4,8,10H2,1H3,(H,21,22)/b20-13-. The lowest BCUT2D eigenvalue weighted by molar-refractivity contribution is -0.121. The number of rotatable bonds is 7. The second kappa shape index (κ2) is 8.56. The van der Waals surface area contributed by atoms with E-state index in [1.54, 1.807) is 18.6 Å². The molecule has 2 N–H and O–H groups in total. The molecule has 2 aromatic rings. The Balaban J connectivity index is 1.63. The average Bonchev–Trinajstić information content (AvgIpc) is 2.53. The van der Waals surface area contributed by atoms with E-state index in [1.165, 1.54) is 5.56 Å². The molecule has 1 aromatic carbocycles. The third kappa shape index (κ3) is 5.75. The maximum Gasteiger partial charge on any atom is 0.240 e. The monoisotopic (exact) mass is 296 g/mol. The summed E-state index contributed by atoms with van der Waals surface area (Å²) in [6, 6.07) is 11.9. The molecule has 0 radical (unpaired) electrons. The van der Waals surface area contributed by atoms with Gasteiger partial charge in [-0.25, -0.2) is 5.43 Å². The molecule has 2 rings (SSSR count). The van der Waals surface area contributed by atoms with E-state index in [9.17, 15) is 4.79 Å². The van der Waals surface area contributed by atoms with Crippen LogP contribution in [0.3, 0.4) is 0 Å². The van der Waals surface area contributed by atoms with Crippen LogP contribution in [0.5, 0.6) is 0 Å². The SMILES string of the molecule is Cc1cccc(NCCCC(=O)N/N=C\c2cccnc2)c1. The van der Waals surface area contributed by atoms with Gasteiger partial charge in [0, 0.05) is 36.6 Å². The zero-order valence-electron chi connectivity index (χ0n) is 12.6. The van der Waals surface area contributed by atoms with E-state index in [1.807, 2.05) is 24.3 Å². The highest BCUT2D eigenvalue weighted by molar-refractivity contribution is 5.81. The molecule has 0 aliphatic heterocycles. The second-order valence-electron chi connectivity index (χ2n) is 4.98. The predicted octanol–water partition coefficient (Wildman–Crippen LogP) is 2.73. The van der Waals surface area contributed by atoms with Gasteiger partial charge < -0.3 is 5.32 Å². The van der Waals surface area contributed by atoms with Gasteiger partial charge in [-0.1, -0.05) is 18.2 Å². The predicted molar refractivity (Wildman–Crippen MR) is 88.9 cm³/mol. The van der Waals surface area contributed by atoms with E-state index in [0.29, 0.717) is 6.42 Å². The van der Waals surface area contributed by atoms with Crippen LogP contribution in [0.25, 0.3) is 0 Å². The molecule has 1 amide bonds. The minimum atomic E-state index is -0.0915. The van der Waals surface area contributed by atoms with Crippen molar-refractivity contribution in [1.82, 2.24) is 10.4 Å². The number of nitrogens with zero attached hydrogens (tertiary/aromatic N) is 2. The molecule has 0 fully saturated rings. The molecule has 0 spiro atoms. The summed E-state index contributed by atoms with van der Waals surface area (Å²) >= 11 is 0. The first-order valence-corrected chi connectivity index (χ1v) is 7.26. The molecule has 0 unspecified atom stereocenters. The number of amides is 1. The lowest BCUT2D eigenvalue weighted by atomic mass is 10.2. The van der Waals surface area contributed by atoms with Crippen LogP contribution in [0.4, 0.5) is 5.69 Å². The topological polar surface area (TPSA) is 66.4 Å². The third-order valence-corrected chi connectivity index (χ3v) is 3.02. The number of anilines is 1. The van der Waals surface area contributed by atoms with Crippen LogP contribution in [0.2, 0.25) is 0 Å². The van der Waals surface area contributed by atoms with Gasteiger partial charge in [0.25, 0.3) is 0 Å². The van der Waals surface area contributed by atoms with Crippen LogP contribution in [0, 0.1) is 6.92 Å². The van der Waals surface area contributed by atoms with Crippen LogP contribution >= 0.6 is 0 Å². The molecule has 114 valence electrons. The van der Waals surface area contributed by atoms with Crippen LogP contribution in [-0.2, 0) is 4.79 Å². The molecule has 0 saturated heterocycles. The highest BCUT2D eigenvalue weighted by Gasteiger charge is 1.99. The second-order valence-corrected chi connectivity index (χ2v) is 4.98. The molecule has 1 aromatic heterocycles. The Bertz CT molecular complexity index is 626. The molecule has 5 nitrogen and oxygen atoms in total. The molecule has 0 bridgehead atoms. The van der Waals surface area contributed by atoms with Crippen LogP contribution in [0.1, 0.15) is 24.0 Å². The molecule has 0 atom stereocenters. The normalized spacial score (nSPS) is 10.6. The molecule has 0 aliphatic carbocycles.